The van der Waals surface area contributed by atoms with Crippen molar-refractivity contribution in [3.05, 3.63) is 0 Å². The summed E-state index contributed by atoms with van der Waals surface area (Å²) in [6.45, 7) is 16.7. The fourth-order valence-corrected chi connectivity index (χ4v) is 2.78. The van der Waals surface area contributed by atoms with E-state index in [-0.39, 0.29) is 24.0 Å². The summed E-state index contributed by atoms with van der Waals surface area (Å²) in [5.41, 5.74) is 0. The van der Waals surface area contributed by atoms with Gasteiger partial charge in [-0.15, -0.1) is 24.0 Å². The van der Waals surface area contributed by atoms with E-state index in [1.165, 1.54) is 38.9 Å². The molecular formula is C17H37IN4. The van der Waals surface area contributed by atoms with Crippen molar-refractivity contribution in [2.24, 2.45) is 16.8 Å². The quantitative estimate of drug-likeness (QED) is 0.357. The Hall–Kier alpha value is -0.0400. The first-order valence-corrected chi connectivity index (χ1v) is 8.82. The number of rotatable bonds is 8. The molecule has 132 valence electrons. The molecule has 2 N–H and O–H groups in total. The summed E-state index contributed by atoms with van der Waals surface area (Å²) in [6.07, 6.45) is 3.76. The van der Waals surface area contributed by atoms with Crippen molar-refractivity contribution in [1.29, 1.82) is 0 Å². The smallest absolute Gasteiger partial charge is 0.191 e. The first kappa shape index (κ1) is 22.0. The van der Waals surface area contributed by atoms with Gasteiger partial charge in [-0.05, 0) is 58.0 Å². The van der Waals surface area contributed by atoms with Gasteiger partial charge in [0.25, 0.3) is 0 Å². The van der Waals surface area contributed by atoms with E-state index in [2.05, 4.69) is 50.2 Å². The Labute approximate surface area is 154 Å². The Bertz CT molecular complexity index is 307. The summed E-state index contributed by atoms with van der Waals surface area (Å²) in [5.74, 6) is 2.49. The predicted octanol–water partition coefficient (Wildman–Crippen LogP) is 3.33. The molecule has 5 heteroatoms. The van der Waals surface area contributed by atoms with E-state index in [9.17, 15) is 0 Å². The lowest BCUT2D eigenvalue weighted by Gasteiger charge is -2.19. The van der Waals surface area contributed by atoms with Crippen LogP contribution in [0.2, 0.25) is 0 Å². The summed E-state index contributed by atoms with van der Waals surface area (Å²) in [5, 5.41) is 6.92. The molecule has 0 amide bonds. The van der Waals surface area contributed by atoms with Crippen LogP contribution in [-0.2, 0) is 0 Å². The SMILES string of the molecule is CCNC(=NCC1CCN(CC)C1)NC(C)CCC(C)C.I. The van der Waals surface area contributed by atoms with Crippen LogP contribution in [0.4, 0.5) is 0 Å². The maximum absolute atomic E-state index is 4.80. The molecule has 0 bridgehead atoms. The topological polar surface area (TPSA) is 39.7 Å². The minimum atomic E-state index is 0. The van der Waals surface area contributed by atoms with Crippen LogP contribution in [0.1, 0.15) is 53.9 Å². The summed E-state index contributed by atoms with van der Waals surface area (Å²) in [7, 11) is 0. The van der Waals surface area contributed by atoms with E-state index >= 15 is 0 Å². The molecule has 1 fully saturated rings. The lowest BCUT2D eigenvalue weighted by molar-refractivity contribution is 0.343. The lowest BCUT2D eigenvalue weighted by Crippen LogP contribution is -2.42. The van der Waals surface area contributed by atoms with Crippen molar-refractivity contribution in [1.82, 2.24) is 15.5 Å². The minimum absolute atomic E-state index is 0. The molecule has 0 radical (unpaired) electrons. The van der Waals surface area contributed by atoms with E-state index in [4.69, 9.17) is 4.99 Å². The number of nitrogens with zero attached hydrogens (tertiary/aromatic N) is 2. The van der Waals surface area contributed by atoms with Crippen LogP contribution in [0, 0.1) is 11.8 Å². The van der Waals surface area contributed by atoms with E-state index in [0.29, 0.717) is 6.04 Å². The van der Waals surface area contributed by atoms with Crippen LogP contribution >= 0.6 is 24.0 Å². The Morgan fingerprint density at radius 3 is 2.50 bits per heavy atom. The first-order chi connectivity index (χ1) is 10.0. The van der Waals surface area contributed by atoms with Gasteiger partial charge in [0.1, 0.15) is 0 Å². The average Bonchev–Trinajstić information content (AvgIpc) is 2.91. The molecule has 0 aromatic rings. The number of hydrogen-bond acceptors (Lipinski definition) is 2. The van der Waals surface area contributed by atoms with Crippen LogP contribution in [0.15, 0.2) is 4.99 Å². The average molecular weight is 424 g/mol. The van der Waals surface area contributed by atoms with Crippen LogP contribution in [0.3, 0.4) is 0 Å². The second-order valence-electron chi connectivity index (χ2n) is 6.78. The van der Waals surface area contributed by atoms with Crippen LogP contribution < -0.4 is 10.6 Å². The van der Waals surface area contributed by atoms with E-state index in [0.717, 1.165) is 30.9 Å². The van der Waals surface area contributed by atoms with Crippen molar-refractivity contribution >= 4 is 29.9 Å². The highest BCUT2D eigenvalue weighted by molar-refractivity contribution is 14.0. The Kier molecular flexibility index (Phi) is 12.4. The van der Waals surface area contributed by atoms with Crippen LogP contribution in [-0.4, -0.2) is 49.6 Å². The molecule has 1 aliphatic rings. The van der Waals surface area contributed by atoms with Gasteiger partial charge >= 0.3 is 0 Å². The molecule has 0 spiro atoms. The fourth-order valence-electron chi connectivity index (χ4n) is 2.78. The van der Waals surface area contributed by atoms with E-state index < -0.39 is 0 Å². The second-order valence-corrected chi connectivity index (χ2v) is 6.78. The molecule has 1 aliphatic heterocycles. The third-order valence-electron chi connectivity index (χ3n) is 4.23. The molecule has 0 saturated carbocycles. The molecular weight excluding hydrogens is 387 g/mol. The van der Waals surface area contributed by atoms with Gasteiger partial charge in [0.2, 0.25) is 0 Å². The maximum atomic E-state index is 4.80. The molecule has 22 heavy (non-hydrogen) atoms. The second kappa shape index (κ2) is 12.4. The Balaban J connectivity index is 0.00000441. The van der Waals surface area contributed by atoms with Crippen molar-refractivity contribution in [3.8, 4) is 0 Å². The van der Waals surface area contributed by atoms with Gasteiger partial charge in [-0.2, -0.15) is 0 Å². The summed E-state index contributed by atoms with van der Waals surface area (Å²) in [6, 6.07) is 0.487. The van der Waals surface area contributed by atoms with Crippen molar-refractivity contribution < 1.29 is 0 Å². The summed E-state index contributed by atoms with van der Waals surface area (Å²) < 4.78 is 0. The monoisotopic (exact) mass is 424 g/mol. The molecule has 1 rings (SSSR count). The zero-order chi connectivity index (χ0) is 15.7. The minimum Gasteiger partial charge on any atom is -0.357 e. The largest absolute Gasteiger partial charge is 0.357 e. The molecule has 0 aromatic heterocycles. The summed E-state index contributed by atoms with van der Waals surface area (Å²) in [4.78, 5) is 7.32. The zero-order valence-electron chi connectivity index (χ0n) is 15.2. The van der Waals surface area contributed by atoms with Crippen LogP contribution in [0.5, 0.6) is 0 Å². The fraction of sp³-hybridized carbons (Fsp3) is 0.941. The standard InChI is InChI=1S/C17H36N4.HI/c1-6-18-17(20-15(5)9-8-14(3)4)19-12-16-10-11-21(7-2)13-16;/h14-16H,6-13H2,1-5H3,(H2,18,19,20);1H. The number of halogens is 1. The van der Waals surface area contributed by atoms with Gasteiger partial charge in [-0.3, -0.25) is 4.99 Å². The third-order valence-corrected chi connectivity index (χ3v) is 4.23. The van der Waals surface area contributed by atoms with Crippen molar-refractivity contribution in [2.45, 2.75) is 59.9 Å². The molecule has 0 aliphatic carbocycles. The van der Waals surface area contributed by atoms with E-state index in [1.54, 1.807) is 0 Å². The third kappa shape index (κ3) is 9.18. The highest BCUT2D eigenvalue weighted by Crippen LogP contribution is 2.15. The molecule has 1 saturated heterocycles. The van der Waals surface area contributed by atoms with Crippen molar-refractivity contribution in [3.63, 3.8) is 0 Å². The van der Waals surface area contributed by atoms with E-state index in [1.807, 2.05) is 0 Å². The van der Waals surface area contributed by atoms with Gasteiger partial charge < -0.3 is 15.5 Å². The van der Waals surface area contributed by atoms with Crippen molar-refractivity contribution in [2.75, 3.05) is 32.7 Å². The van der Waals surface area contributed by atoms with Gasteiger partial charge in [0, 0.05) is 25.7 Å². The summed E-state index contributed by atoms with van der Waals surface area (Å²) >= 11 is 0. The maximum Gasteiger partial charge on any atom is 0.191 e. The Morgan fingerprint density at radius 1 is 1.23 bits per heavy atom. The molecule has 1 heterocycles. The number of nitrogens with one attached hydrogen (secondary N) is 2. The molecule has 2 atom stereocenters. The molecule has 4 nitrogen and oxygen atoms in total. The number of guanidine groups is 1. The number of aliphatic imine (C=N–C) groups is 1. The molecule has 0 aromatic carbocycles. The first-order valence-electron chi connectivity index (χ1n) is 8.82. The predicted molar refractivity (Wildman–Crippen MR) is 108 cm³/mol. The van der Waals surface area contributed by atoms with Gasteiger partial charge in [0.05, 0.1) is 0 Å². The Morgan fingerprint density at radius 2 is 1.95 bits per heavy atom. The number of hydrogen-bond donors (Lipinski definition) is 2. The lowest BCUT2D eigenvalue weighted by atomic mass is 10.0. The number of likely N-dealkylation sites (tertiary alicyclic amines) is 1. The zero-order valence-corrected chi connectivity index (χ0v) is 17.5. The van der Waals surface area contributed by atoms with Crippen LogP contribution in [0.25, 0.3) is 0 Å². The van der Waals surface area contributed by atoms with Gasteiger partial charge in [-0.1, -0.05) is 20.8 Å². The molecule has 2 unspecified atom stereocenters. The highest BCUT2D eigenvalue weighted by Gasteiger charge is 2.20. The van der Waals surface area contributed by atoms with Gasteiger partial charge in [0.15, 0.2) is 5.96 Å². The van der Waals surface area contributed by atoms with Gasteiger partial charge in [-0.25, -0.2) is 0 Å². The normalized spacial score (nSPS) is 20.8. The highest BCUT2D eigenvalue weighted by atomic mass is 127.